The zero-order valence-corrected chi connectivity index (χ0v) is 10.9. The van der Waals surface area contributed by atoms with Crippen molar-refractivity contribution in [1.82, 2.24) is 15.1 Å². The molecule has 1 N–H and O–H groups in total. The number of nitrogens with zero attached hydrogens (tertiary/aromatic N) is 2. The third-order valence-corrected chi connectivity index (χ3v) is 4.35. The Morgan fingerprint density at radius 1 is 0.875 bits per heavy atom. The molecule has 0 aromatic carbocycles. The Balaban J connectivity index is 1.63. The minimum Gasteiger partial charge on any atom is -0.314 e. The molecule has 0 saturated carbocycles. The van der Waals surface area contributed by atoms with Crippen molar-refractivity contribution in [2.45, 2.75) is 44.2 Å². The van der Waals surface area contributed by atoms with E-state index in [-0.39, 0.29) is 0 Å². The molecule has 2 unspecified atom stereocenters. The van der Waals surface area contributed by atoms with E-state index in [1.54, 1.807) is 0 Å². The zero-order chi connectivity index (χ0) is 11.4. The Hall–Kier alpha value is -0.120. The monoisotopic (exact) mass is 225 g/mol. The van der Waals surface area contributed by atoms with Crippen LogP contribution in [0, 0.1) is 0 Å². The molecular weight excluding hydrogens is 198 g/mol. The van der Waals surface area contributed by atoms with E-state index in [4.69, 9.17) is 0 Å². The van der Waals surface area contributed by atoms with Gasteiger partial charge in [-0.2, -0.15) is 0 Å². The Kier molecular flexibility index (Phi) is 4.62. The number of piperidine rings is 1. The van der Waals surface area contributed by atoms with Gasteiger partial charge < -0.3 is 15.1 Å². The summed E-state index contributed by atoms with van der Waals surface area (Å²) in [7, 11) is 4.53. The number of hydrogen-bond acceptors (Lipinski definition) is 3. The summed E-state index contributed by atoms with van der Waals surface area (Å²) in [4.78, 5) is 5.02. The van der Waals surface area contributed by atoms with Gasteiger partial charge in [-0.15, -0.1) is 0 Å². The Bertz CT molecular complexity index is 207. The molecule has 2 aliphatic rings. The third kappa shape index (κ3) is 3.19. The van der Waals surface area contributed by atoms with Crippen LogP contribution in [-0.4, -0.2) is 62.2 Å². The Labute approximate surface area is 100 Å². The topological polar surface area (TPSA) is 18.5 Å². The summed E-state index contributed by atoms with van der Waals surface area (Å²) >= 11 is 0. The van der Waals surface area contributed by atoms with Gasteiger partial charge in [0.2, 0.25) is 0 Å². The van der Waals surface area contributed by atoms with Crippen LogP contribution in [0.3, 0.4) is 0 Å². The molecule has 0 spiro atoms. The minimum atomic E-state index is 0.778. The molecule has 0 bridgehead atoms. The highest BCUT2D eigenvalue weighted by Gasteiger charge is 2.22. The quantitative estimate of drug-likeness (QED) is 0.774. The maximum atomic E-state index is 3.67. The predicted octanol–water partition coefficient (Wildman–Crippen LogP) is 1.15. The smallest absolute Gasteiger partial charge is 0.0218 e. The minimum absolute atomic E-state index is 0.778. The Morgan fingerprint density at radius 2 is 1.44 bits per heavy atom. The summed E-state index contributed by atoms with van der Waals surface area (Å²) in [5.74, 6) is 0. The van der Waals surface area contributed by atoms with Crippen LogP contribution >= 0.6 is 0 Å². The normalized spacial score (nSPS) is 33.4. The van der Waals surface area contributed by atoms with Crippen LogP contribution in [0.4, 0.5) is 0 Å². The molecule has 0 radical (unpaired) electrons. The number of likely N-dealkylation sites (tertiary alicyclic amines) is 2. The van der Waals surface area contributed by atoms with Gasteiger partial charge in [-0.05, 0) is 52.9 Å². The fourth-order valence-electron chi connectivity index (χ4n) is 3.06. The average molecular weight is 225 g/mol. The lowest BCUT2D eigenvalue weighted by atomic mass is 10.0. The summed E-state index contributed by atoms with van der Waals surface area (Å²) in [5, 5.41) is 3.67. The molecule has 0 amide bonds. The summed E-state index contributed by atoms with van der Waals surface area (Å²) < 4.78 is 0. The second kappa shape index (κ2) is 5.99. The van der Waals surface area contributed by atoms with Crippen LogP contribution in [0.15, 0.2) is 0 Å². The standard InChI is InChI=1S/C13H27N3/c1-15-8-4-3-6-12(15)10-14-11-13-7-5-9-16(13)2/h12-14H,3-11H2,1-2H3. The lowest BCUT2D eigenvalue weighted by Crippen LogP contribution is -2.45. The molecule has 2 aliphatic heterocycles. The molecule has 2 fully saturated rings. The fourth-order valence-corrected chi connectivity index (χ4v) is 3.06. The van der Waals surface area contributed by atoms with E-state index in [0.717, 1.165) is 12.1 Å². The summed E-state index contributed by atoms with van der Waals surface area (Å²) in [6.07, 6.45) is 6.94. The predicted molar refractivity (Wildman–Crippen MR) is 68.8 cm³/mol. The summed E-state index contributed by atoms with van der Waals surface area (Å²) in [6.45, 7) is 4.94. The second-order valence-electron chi connectivity index (χ2n) is 5.57. The van der Waals surface area contributed by atoms with Gasteiger partial charge in [0.05, 0.1) is 0 Å². The average Bonchev–Trinajstić information content (AvgIpc) is 2.67. The molecule has 0 aromatic heterocycles. The molecule has 16 heavy (non-hydrogen) atoms. The van der Waals surface area contributed by atoms with Gasteiger partial charge in [-0.1, -0.05) is 6.42 Å². The molecule has 3 nitrogen and oxygen atoms in total. The van der Waals surface area contributed by atoms with Gasteiger partial charge in [-0.3, -0.25) is 0 Å². The van der Waals surface area contributed by atoms with E-state index in [1.165, 1.54) is 58.3 Å². The number of nitrogens with one attached hydrogen (secondary N) is 1. The highest BCUT2D eigenvalue weighted by atomic mass is 15.2. The lowest BCUT2D eigenvalue weighted by molar-refractivity contribution is 0.178. The molecule has 2 saturated heterocycles. The van der Waals surface area contributed by atoms with Crippen molar-refractivity contribution in [3.63, 3.8) is 0 Å². The molecule has 0 aliphatic carbocycles. The van der Waals surface area contributed by atoms with Gasteiger partial charge in [0, 0.05) is 25.2 Å². The third-order valence-electron chi connectivity index (χ3n) is 4.35. The van der Waals surface area contributed by atoms with Crippen molar-refractivity contribution in [3.8, 4) is 0 Å². The van der Waals surface area contributed by atoms with E-state index in [9.17, 15) is 0 Å². The molecule has 2 atom stereocenters. The molecule has 0 aromatic rings. The van der Waals surface area contributed by atoms with Crippen molar-refractivity contribution < 1.29 is 0 Å². The first-order valence-corrected chi connectivity index (χ1v) is 6.88. The largest absolute Gasteiger partial charge is 0.314 e. The molecule has 2 rings (SSSR count). The van der Waals surface area contributed by atoms with Crippen LogP contribution < -0.4 is 5.32 Å². The van der Waals surface area contributed by atoms with E-state index >= 15 is 0 Å². The maximum absolute atomic E-state index is 3.67. The van der Waals surface area contributed by atoms with E-state index in [2.05, 4.69) is 29.2 Å². The number of likely N-dealkylation sites (N-methyl/N-ethyl adjacent to an activating group) is 2. The highest BCUT2D eigenvalue weighted by molar-refractivity contribution is 4.81. The van der Waals surface area contributed by atoms with E-state index in [1.807, 2.05) is 0 Å². The number of rotatable bonds is 4. The van der Waals surface area contributed by atoms with Crippen molar-refractivity contribution in [3.05, 3.63) is 0 Å². The first-order chi connectivity index (χ1) is 7.77. The van der Waals surface area contributed by atoms with Crippen molar-refractivity contribution in [1.29, 1.82) is 0 Å². The molecule has 94 valence electrons. The maximum Gasteiger partial charge on any atom is 0.0218 e. The highest BCUT2D eigenvalue weighted by Crippen LogP contribution is 2.15. The van der Waals surface area contributed by atoms with Crippen LogP contribution in [0.2, 0.25) is 0 Å². The lowest BCUT2D eigenvalue weighted by Gasteiger charge is -2.33. The summed E-state index contributed by atoms with van der Waals surface area (Å²) in [6, 6.07) is 1.56. The first-order valence-electron chi connectivity index (χ1n) is 6.88. The SMILES string of the molecule is CN1CCCCC1CNCC1CCCN1C. The van der Waals surface area contributed by atoms with Gasteiger partial charge >= 0.3 is 0 Å². The molecule has 3 heteroatoms. The van der Waals surface area contributed by atoms with Gasteiger partial charge in [-0.25, -0.2) is 0 Å². The van der Waals surface area contributed by atoms with Gasteiger partial charge in [0.25, 0.3) is 0 Å². The summed E-state index contributed by atoms with van der Waals surface area (Å²) in [5.41, 5.74) is 0. The second-order valence-corrected chi connectivity index (χ2v) is 5.57. The van der Waals surface area contributed by atoms with Crippen LogP contribution in [-0.2, 0) is 0 Å². The fraction of sp³-hybridized carbons (Fsp3) is 1.00. The van der Waals surface area contributed by atoms with E-state index < -0.39 is 0 Å². The van der Waals surface area contributed by atoms with Gasteiger partial charge in [0.15, 0.2) is 0 Å². The Morgan fingerprint density at radius 3 is 1.94 bits per heavy atom. The van der Waals surface area contributed by atoms with Crippen LogP contribution in [0.25, 0.3) is 0 Å². The first kappa shape index (κ1) is 12.3. The van der Waals surface area contributed by atoms with Crippen LogP contribution in [0.5, 0.6) is 0 Å². The van der Waals surface area contributed by atoms with Gasteiger partial charge in [0.1, 0.15) is 0 Å². The zero-order valence-electron chi connectivity index (χ0n) is 10.9. The number of hydrogen-bond donors (Lipinski definition) is 1. The van der Waals surface area contributed by atoms with Crippen molar-refractivity contribution in [2.24, 2.45) is 0 Å². The van der Waals surface area contributed by atoms with Crippen LogP contribution in [0.1, 0.15) is 32.1 Å². The van der Waals surface area contributed by atoms with E-state index in [0.29, 0.717) is 0 Å². The molecule has 2 heterocycles. The van der Waals surface area contributed by atoms with Crippen molar-refractivity contribution in [2.75, 3.05) is 40.3 Å². The van der Waals surface area contributed by atoms with Crippen molar-refractivity contribution >= 4 is 0 Å². The molecular formula is C13H27N3.